The summed E-state index contributed by atoms with van der Waals surface area (Å²) in [5, 5.41) is 0. The number of likely N-dealkylation sites (N-methyl/N-ethyl adjacent to an activating group) is 1. The van der Waals surface area contributed by atoms with E-state index in [9.17, 15) is 13.0 Å². The Morgan fingerprint density at radius 3 is 2.15 bits per heavy atom. The summed E-state index contributed by atoms with van der Waals surface area (Å²) < 4.78 is 46.6. The molecule has 0 fully saturated rings. The van der Waals surface area contributed by atoms with Crippen LogP contribution in [0.1, 0.15) is 18.7 Å². The van der Waals surface area contributed by atoms with Crippen LogP contribution in [0, 0.1) is 0 Å². The molecule has 0 radical (unpaired) electrons. The van der Waals surface area contributed by atoms with Crippen LogP contribution in [0.2, 0.25) is 0 Å². The van der Waals surface area contributed by atoms with Gasteiger partial charge in [0, 0.05) is 19.5 Å². The molecular weight excluding hydrogens is 524 g/mol. The minimum atomic E-state index is -4.00. The summed E-state index contributed by atoms with van der Waals surface area (Å²) in [4.78, 5) is 2.13. The first kappa shape index (κ1) is 26.1. The number of aryl methyl sites for hydroxylation is 1. The summed E-state index contributed by atoms with van der Waals surface area (Å²) in [7, 11) is -1.97. The third kappa shape index (κ3) is 5.46. The molecule has 0 amide bonds. The van der Waals surface area contributed by atoms with Crippen molar-refractivity contribution in [2.75, 3.05) is 17.7 Å². The van der Waals surface area contributed by atoms with Crippen molar-refractivity contribution >= 4 is 26.9 Å². The first-order chi connectivity index (χ1) is 19.4. The number of ether oxygens (including phenoxy) is 1. The zero-order chi connectivity index (χ0) is 27.7. The van der Waals surface area contributed by atoms with Crippen LogP contribution in [-0.4, -0.2) is 32.0 Å². The average Bonchev–Trinajstić information content (AvgIpc) is 3.47. The highest BCUT2D eigenvalue weighted by Crippen LogP contribution is 2.40. The van der Waals surface area contributed by atoms with E-state index in [4.69, 9.17) is 9.15 Å². The predicted octanol–water partition coefficient (Wildman–Crippen LogP) is 6.12. The van der Waals surface area contributed by atoms with Crippen molar-refractivity contribution in [3.8, 4) is 28.0 Å². The van der Waals surface area contributed by atoms with Crippen LogP contribution in [0.25, 0.3) is 33.4 Å². The van der Waals surface area contributed by atoms with Gasteiger partial charge in [-0.2, -0.15) is 13.0 Å². The minimum absolute atomic E-state index is 0.262. The van der Waals surface area contributed by atoms with Gasteiger partial charge in [-0.1, -0.05) is 72.8 Å². The lowest BCUT2D eigenvalue weighted by Crippen LogP contribution is -2.41. The highest BCUT2D eigenvalue weighted by atomic mass is 32.2. The third-order valence-electron chi connectivity index (χ3n) is 7.41. The summed E-state index contributed by atoms with van der Waals surface area (Å²) in [6, 6.07) is 32.8. The zero-order valence-electron chi connectivity index (χ0n) is 22.2. The molecule has 2 heterocycles. The van der Waals surface area contributed by atoms with Gasteiger partial charge in [-0.15, -0.1) is 0 Å². The van der Waals surface area contributed by atoms with Crippen LogP contribution in [-0.2, 0) is 23.1 Å². The lowest BCUT2D eigenvalue weighted by atomic mass is 10.0. The largest absolute Gasteiger partial charge is 0.468 e. The topological polar surface area (TPSA) is 83.9 Å². The van der Waals surface area contributed by atoms with E-state index in [-0.39, 0.29) is 12.0 Å². The molecule has 1 atom stereocenters. The van der Waals surface area contributed by atoms with Crippen molar-refractivity contribution in [1.29, 1.82) is 0 Å². The molecule has 1 aliphatic rings. The maximum atomic E-state index is 11.3. The van der Waals surface area contributed by atoms with Gasteiger partial charge in [0.25, 0.3) is 15.6 Å². The van der Waals surface area contributed by atoms with Gasteiger partial charge in [-0.25, -0.2) is 0 Å². The smallest absolute Gasteiger partial charge is 0.353 e. The number of hydrogen-bond donors (Lipinski definition) is 1. The van der Waals surface area contributed by atoms with E-state index in [0.717, 1.165) is 50.7 Å². The SMILES string of the molecule is CN1c2cc(-c3ccccc3)ccc2OC1Cc1oc2ccc(-c3ccccc3)cc2[n+]1CCCCS(=O)(=O)O. The number of aromatic nitrogens is 1. The Bertz CT molecular complexity index is 1750. The maximum Gasteiger partial charge on any atom is 0.353 e. The molecule has 0 aliphatic carbocycles. The quantitative estimate of drug-likeness (QED) is 0.134. The van der Waals surface area contributed by atoms with Gasteiger partial charge < -0.3 is 14.1 Å². The van der Waals surface area contributed by atoms with Gasteiger partial charge in [-0.3, -0.25) is 4.55 Å². The van der Waals surface area contributed by atoms with E-state index in [1.807, 2.05) is 61.6 Å². The number of oxazole rings is 1. The zero-order valence-corrected chi connectivity index (χ0v) is 23.0. The molecule has 0 spiro atoms. The van der Waals surface area contributed by atoms with E-state index >= 15 is 0 Å². The average molecular weight is 556 g/mol. The van der Waals surface area contributed by atoms with Gasteiger partial charge in [-0.05, 0) is 46.9 Å². The van der Waals surface area contributed by atoms with Gasteiger partial charge in [0.15, 0.2) is 12.8 Å². The van der Waals surface area contributed by atoms with E-state index in [1.165, 1.54) is 0 Å². The number of anilines is 1. The summed E-state index contributed by atoms with van der Waals surface area (Å²) >= 11 is 0. The van der Waals surface area contributed by atoms with E-state index in [2.05, 4.69) is 51.9 Å². The van der Waals surface area contributed by atoms with Crippen LogP contribution >= 0.6 is 0 Å². The van der Waals surface area contributed by atoms with Gasteiger partial charge >= 0.3 is 5.89 Å². The van der Waals surface area contributed by atoms with Crippen LogP contribution in [0.4, 0.5) is 5.69 Å². The molecule has 0 bridgehead atoms. The lowest BCUT2D eigenvalue weighted by Gasteiger charge is -2.18. The van der Waals surface area contributed by atoms with Crippen molar-refractivity contribution < 1.29 is 26.7 Å². The molecule has 0 saturated heterocycles. The normalized spacial score (nSPS) is 14.8. The molecule has 0 saturated carbocycles. The second-order valence-electron chi connectivity index (χ2n) is 10.1. The summed E-state index contributed by atoms with van der Waals surface area (Å²) in [5.74, 6) is 1.32. The Kier molecular flexibility index (Phi) is 7.04. The molecule has 1 unspecified atom stereocenters. The number of hydrogen-bond acceptors (Lipinski definition) is 5. The van der Waals surface area contributed by atoms with Crippen LogP contribution in [0.15, 0.2) is 101 Å². The molecule has 1 aliphatic heterocycles. The molecule has 1 N–H and O–H groups in total. The number of fused-ring (bicyclic) bond motifs is 2. The second-order valence-corrected chi connectivity index (χ2v) is 11.7. The molecule has 1 aromatic heterocycles. The first-order valence-corrected chi connectivity index (χ1v) is 15.0. The molecule has 6 rings (SSSR count). The third-order valence-corrected chi connectivity index (χ3v) is 8.21. The van der Waals surface area contributed by atoms with Crippen LogP contribution in [0.3, 0.4) is 0 Å². The maximum absolute atomic E-state index is 11.3. The van der Waals surface area contributed by atoms with E-state index < -0.39 is 10.1 Å². The number of rotatable bonds is 9. The predicted molar refractivity (Wildman–Crippen MR) is 156 cm³/mol. The molecular formula is C32H31N2O5S+. The second kappa shape index (κ2) is 10.8. The monoisotopic (exact) mass is 555 g/mol. The Balaban J connectivity index is 1.30. The highest BCUT2D eigenvalue weighted by molar-refractivity contribution is 7.85. The summed E-state index contributed by atoms with van der Waals surface area (Å²) in [5.41, 5.74) is 7.17. The van der Waals surface area contributed by atoms with Crippen molar-refractivity contribution in [2.45, 2.75) is 32.0 Å². The first-order valence-electron chi connectivity index (χ1n) is 13.4. The van der Waals surface area contributed by atoms with Crippen molar-refractivity contribution in [3.63, 3.8) is 0 Å². The number of unbranched alkanes of at least 4 members (excludes halogenated alkanes) is 1. The van der Waals surface area contributed by atoms with E-state index in [1.54, 1.807) is 0 Å². The fraction of sp³-hybridized carbons (Fsp3) is 0.219. The Morgan fingerprint density at radius 2 is 1.48 bits per heavy atom. The molecule has 4 aromatic carbocycles. The van der Waals surface area contributed by atoms with Crippen molar-refractivity contribution in [3.05, 3.63) is 103 Å². The summed E-state index contributed by atoms with van der Waals surface area (Å²) in [6.07, 6.45) is 1.16. The molecule has 7 nitrogen and oxygen atoms in total. The standard InChI is InChI=1S/C32H30N2O5S/c1-33-27-20-25(23-10-4-2-5-11-23)14-16-29(27)38-31(33)22-32-34(18-8-9-19-40(35,36)37)28-21-26(15-17-30(28)39-32)24-12-6-3-7-13-24/h2-7,10-17,20-21,31H,8-9,18-19,22H2,1H3/p+1. The van der Waals surface area contributed by atoms with Crippen molar-refractivity contribution in [2.24, 2.45) is 0 Å². The van der Waals surface area contributed by atoms with Crippen LogP contribution < -0.4 is 14.2 Å². The Hall–Kier alpha value is -4.14. The Labute approximate surface area is 234 Å². The van der Waals surface area contributed by atoms with Crippen molar-refractivity contribution in [1.82, 2.24) is 0 Å². The van der Waals surface area contributed by atoms with Gasteiger partial charge in [0.05, 0.1) is 11.4 Å². The minimum Gasteiger partial charge on any atom is -0.468 e. The summed E-state index contributed by atoms with van der Waals surface area (Å²) in [6.45, 7) is 0.553. The van der Waals surface area contributed by atoms with Gasteiger partial charge in [0.1, 0.15) is 12.2 Å². The van der Waals surface area contributed by atoms with Crippen LogP contribution in [0.5, 0.6) is 5.75 Å². The van der Waals surface area contributed by atoms with Gasteiger partial charge in [0.2, 0.25) is 5.58 Å². The number of benzene rings is 4. The molecule has 204 valence electrons. The fourth-order valence-electron chi connectivity index (χ4n) is 5.30. The lowest BCUT2D eigenvalue weighted by molar-refractivity contribution is -0.684. The fourth-order valence-corrected chi connectivity index (χ4v) is 5.87. The Morgan fingerprint density at radius 1 is 0.825 bits per heavy atom. The van der Waals surface area contributed by atoms with E-state index in [0.29, 0.717) is 25.8 Å². The molecule has 8 heteroatoms. The molecule has 40 heavy (non-hydrogen) atoms. The number of nitrogens with zero attached hydrogens (tertiary/aromatic N) is 2. The molecule has 5 aromatic rings. The highest BCUT2D eigenvalue weighted by Gasteiger charge is 2.34.